The first kappa shape index (κ1) is 14.3. The Kier molecular flexibility index (Phi) is 3.43. The van der Waals surface area contributed by atoms with Gasteiger partial charge in [-0.1, -0.05) is 11.6 Å². The van der Waals surface area contributed by atoms with E-state index in [0.29, 0.717) is 16.7 Å². The lowest BCUT2D eigenvalue weighted by Gasteiger charge is -2.08. The molecule has 0 amide bonds. The lowest BCUT2D eigenvalue weighted by Crippen LogP contribution is -2.35. The third kappa shape index (κ3) is 2.46. The molecule has 0 aliphatic heterocycles. The van der Waals surface area contributed by atoms with Crippen molar-refractivity contribution < 1.29 is 17.6 Å². The molecule has 0 unspecified atom stereocenters. The maximum Gasteiger partial charge on any atom is 0.416 e. The molecule has 2 aromatic rings. The largest absolute Gasteiger partial charge is 0.416 e. The van der Waals surface area contributed by atoms with Crippen molar-refractivity contribution in [3.63, 3.8) is 0 Å². The molecular weight excluding hydrogens is 304 g/mol. The van der Waals surface area contributed by atoms with Gasteiger partial charge in [-0.3, -0.25) is 9.78 Å². The number of alkyl halides is 3. The van der Waals surface area contributed by atoms with Crippen LogP contribution in [0.3, 0.4) is 0 Å². The van der Waals surface area contributed by atoms with Crippen LogP contribution in [0.15, 0.2) is 33.9 Å². The summed E-state index contributed by atoms with van der Waals surface area (Å²) in [6, 6.07) is 3.11. The lowest BCUT2D eigenvalue weighted by atomic mass is 10.2. The van der Waals surface area contributed by atoms with Crippen molar-refractivity contribution in [1.82, 2.24) is 9.55 Å². The van der Waals surface area contributed by atoms with Crippen LogP contribution in [0.25, 0.3) is 5.69 Å². The second-order valence-electron chi connectivity index (χ2n) is 3.74. The van der Waals surface area contributed by atoms with Crippen molar-refractivity contribution in [3.8, 4) is 5.69 Å². The van der Waals surface area contributed by atoms with Crippen molar-refractivity contribution in [2.45, 2.75) is 6.18 Å². The van der Waals surface area contributed by atoms with Crippen LogP contribution in [0.2, 0.25) is 5.15 Å². The number of rotatable bonds is 1. The second-order valence-corrected chi connectivity index (χ2v) is 4.12. The molecular formula is C11H5ClF4N2O2. The molecule has 0 bridgehead atoms. The Morgan fingerprint density at radius 1 is 1.10 bits per heavy atom. The first-order valence-electron chi connectivity index (χ1n) is 5.10. The minimum atomic E-state index is -4.55. The summed E-state index contributed by atoms with van der Waals surface area (Å²) in [7, 11) is 0. The molecule has 20 heavy (non-hydrogen) atoms. The molecule has 1 heterocycles. The van der Waals surface area contributed by atoms with Gasteiger partial charge in [0.2, 0.25) is 5.82 Å². The van der Waals surface area contributed by atoms with Crippen LogP contribution in [0.5, 0.6) is 0 Å². The average Bonchev–Trinajstić information content (AvgIpc) is 2.36. The number of halogens is 5. The molecule has 0 saturated heterocycles. The number of aromatic amines is 1. The molecule has 1 N–H and O–H groups in total. The lowest BCUT2D eigenvalue weighted by molar-refractivity contribution is -0.137. The van der Waals surface area contributed by atoms with E-state index in [1.165, 1.54) is 0 Å². The Morgan fingerprint density at radius 2 is 1.65 bits per heavy atom. The summed E-state index contributed by atoms with van der Waals surface area (Å²) in [6.07, 6.45) is -4.55. The number of nitrogens with one attached hydrogen (secondary N) is 1. The molecule has 0 atom stereocenters. The van der Waals surface area contributed by atoms with E-state index in [-0.39, 0.29) is 5.69 Å². The van der Waals surface area contributed by atoms with Gasteiger partial charge in [-0.05, 0) is 24.3 Å². The highest BCUT2D eigenvalue weighted by molar-refractivity contribution is 6.29. The molecule has 0 aliphatic rings. The number of hydrogen-bond acceptors (Lipinski definition) is 2. The van der Waals surface area contributed by atoms with Crippen LogP contribution in [0.1, 0.15) is 5.56 Å². The van der Waals surface area contributed by atoms with Crippen molar-refractivity contribution in [2.24, 2.45) is 0 Å². The molecule has 0 aliphatic carbocycles. The normalized spacial score (nSPS) is 11.7. The van der Waals surface area contributed by atoms with E-state index >= 15 is 0 Å². The van der Waals surface area contributed by atoms with E-state index < -0.39 is 34.0 Å². The first-order valence-corrected chi connectivity index (χ1v) is 5.47. The molecule has 0 radical (unpaired) electrons. The van der Waals surface area contributed by atoms with Gasteiger partial charge in [-0.2, -0.15) is 17.6 Å². The highest BCUT2D eigenvalue weighted by Crippen LogP contribution is 2.29. The maximum absolute atomic E-state index is 13.3. The smallest absolute Gasteiger partial charge is 0.295 e. The molecule has 106 valence electrons. The van der Waals surface area contributed by atoms with Crippen LogP contribution >= 0.6 is 11.6 Å². The predicted molar refractivity (Wildman–Crippen MR) is 62.6 cm³/mol. The molecule has 1 aromatic heterocycles. The molecule has 1 aromatic carbocycles. The van der Waals surface area contributed by atoms with Crippen molar-refractivity contribution in [1.29, 1.82) is 0 Å². The van der Waals surface area contributed by atoms with Gasteiger partial charge in [0, 0.05) is 0 Å². The predicted octanol–water partition coefficient (Wildman–Crippen LogP) is 2.34. The fourth-order valence-corrected chi connectivity index (χ4v) is 1.68. The summed E-state index contributed by atoms with van der Waals surface area (Å²) in [4.78, 5) is 25.0. The monoisotopic (exact) mass is 308 g/mol. The quantitative estimate of drug-likeness (QED) is 0.649. The number of benzene rings is 1. The van der Waals surface area contributed by atoms with E-state index in [1.54, 1.807) is 0 Å². The van der Waals surface area contributed by atoms with Crippen molar-refractivity contribution >= 4 is 11.6 Å². The molecule has 2 rings (SSSR count). The molecule has 0 saturated carbocycles. The number of aromatic nitrogens is 2. The third-order valence-corrected chi connectivity index (χ3v) is 2.72. The Labute approximate surface area is 113 Å². The highest BCUT2D eigenvalue weighted by atomic mass is 35.5. The van der Waals surface area contributed by atoms with E-state index in [0.717, 1.165) is 12.1 Å². The first-order chi connectivity index (χ1) is 9.21. The standard InChI is InChI=1S/C11H5ClF4N2O2/c12-8-7(13)9(19)18(10(20)17-8)6-3-1-5(2-4-6)11(14,15)16/h1-4H,(H,17,20). The van der Waals surface area contributed by atoms with Gasteiger partial charge in [0.15, 0.2) is 5.15 Å². The van der Waals surface area contributed by atoms with Gasteiger partial charge < -0.3 is 0 Å². The van der Waals surface area contributed by atoms with Crippen LogP contribution in [0.4, 0.5) is 17.6 Å². The molecule has 9 heteroatoms. The minimum Gasteiger partial charge on any atom is -0.295 e. The van der Waals surface area contributed by atoms with Gasteiger partial charge >= 0.3 is 11.9 Å². The SMILES string of the molecule is O=c1[nH]c(Cl)c(F)c(=O)n1-c1ccc(C(F)(F)F)cc1. The molecule has 0 spiro atoms. The zero-order chi connectivity index (χ0) is 15.1. The Bertz CT molecular complexity index is 762. The van der Waals surface area contributed by atoms with Crippen LogP contribution in [-0.2, 0) is 6.18 Å². The summed E-state index contributed by atoms with van der Waals surface area (Å²) in [6.45, 7) is 0. The van der Waals surface area contributed by atoms with Crippen molar-refractivity contribution in [3.05, 3.63) is 61.6 Å². The summed E-state index contributed by atoms with van der Waals surface area (Å²) in [5.41, 5.74) is -3.57. The number of H-pyrrole nitrogens is 1. The van der Waals surface area contributed by atoms with E-state index in [1.807, 2.05) is 4.98 Å². The minimum absolute atomic E-state index is 0.209. The summed E-state index contributed by atoms with van der Waals surface area (Å²) in [5, 5.41) is -0.761. The van der Waals surface area contributed by atoms with Gasteiger partial charge in [0.25, 0.3) is 5.56 Å². The fraction of sp³-hybridized carbons (Fsp3) is 0.0909. The van der Waals surface area contributed by atoms with Gasteiger partial charge in [0.1, 0.15) is 0 Å². The summed E-state index contributed by atoms with van der Waals surface area (Å²) < 4.78 is 50.8. The zero-order valence-electron chi connectivity index (χ0n) is 9.46. The Balaban J connectivity index is 2.62. The van der Waals surface area contributed by atoms with E-state index in [4.69, 9.17) is 11.6 Å². The third-order valence-electron chi connectivity index (χ3n) is 2.46. The molecule has 4 nitrogen and oxygen atoms in total. The number of nitrogens with zero attached hydrogens (tertiary/aromatic N) is 1. The van der Waals surface area contributed by atoms with Crippen LogP contribution in [-0.4, -0.2) is 9.55 Å². The van der Waals surface area contributed by atoms with Crippen molar-refractivity contribution in [2.75, 3.05) is 0 Å². The Morgan fingerprint density at radius 3 is 2.15 bits per heavy atom. The van der Waals surface area contributed by atoms with Gasteiger partial charge in [-0.15, -0.1) is 0 Å². The fourth-order valence-electron chi connectivity index (χ4n) is 1.52. The van der Waals surface area contributed by atoms with Crippen LogP contribution < -0.4 is 11.2 Å². The van der Waals surface area contributed by atoms with Gasteiger partial charge in [-0.25, -0.2) is 9.36 Å². The van der Waals surface area contributed by atoms with Crippen LogP contribution in [0, 0.1) is 5.82 Å². The van der Waals surface area contributed by atoms with Gasteiger partial charge in [0.05, 0.1) is 11.3 Å². The zero-order valence-corrected chi connectivity index (χ0v) is 10.2. The average molecular weight is 309 g/mol. The molecule has 0 fully saturated rings. The summed E-state index contributed by atoms with van der Waals surface area (Å²) >= 11 is 5.27. The second kappa shape index (κ2) is 4.78. The van der Waals surface area contributed by atoms with E-state index in [2.05, 4.69) is 0 Å². The Hall–Kier alpha value is -2.09. The number of hydrogen-bond donors (Lipinski definition) is 1. The topological polar surface area (TPSA) is 54.9 Å². The summed E-state index contributed by atoms with van der Waals surface area (Å²) in [5.74, 6) is -1.40. The maximum atomic E-state index is 13.3. The highest BCUT2D eigenvalue weighted by Gasteiger charge is 2.30. The van der Waals surface area contributed by atoms with E-state index in [9.17, 15) is 27.2 Å².